The SMILES string of the molecule is CC1CCN(C(C)[O])C1. The van der Waals surface area contributed by atoms with E-state index in [2.05, 4.69) is 6.92 Å². The van der Waals surface area contributed by atoms with E-state index in [1.165, 1.54) is 6.42 Å². The van der Waals surface area contributed by atoms with Crippen LogP contribution in [-0.4, -0.2) is 24.2 Å². The van der Waals surface area contributed by atoms with Gasteiger partial charge < -0.3 is 0 Å². The Morgan fingerprint density at radius 2 is 2.33 bits per heavy atom. The van der Waals surface area contributed by atoms with Gasteiger partial charge in [0.15, 0.2) is 0 Å². The molecular weight excluding hydrogens is 114 g/mol. The van der Waals surface area contributed by atoms with Gasteiger partial charge >= 0.3 is 0 Å². The number of hydrogen-bond acceptors (Lipinski definition) is 1. The molecule has 2 nitrogen and oxygen atoms in total. The van der Waals surface area contributed by atoms with Crippen LogP contribution in [0.5, 0.6) is 0 Å². The van der Waals surface area contributed by atoms with Crippen molar-refractivity contribution >= 4 is 0 Å². The van der Waals surface area contributed by atoms with Crippen LogP contribution < -0.4 is 0 Å². The van der Waals surface area contributed by atoms with Crippen LogP contribution >= 0.6 is 0 Å². The first-order chi connectivity index (χ1) is 4.20. The lowest BCUT2D eigenvalue weighted by molar-refractivity contribution is -0.0226. The fourth-order valence-corrected chi connectivity index (χ4v) is 1.30. The van der Waals surface area contributed by atoms with E-state index < -0.39 is 6.23 Å². The molecule has 0 aromatic rings. The van der Waals surface area contributed by atoms with Crippen LogP contribution in [0.4, 0.5) is 0 Å². The van der Waals surface area contributed by atoms with E-state index in [4.69, 9.17) is 0 Å². The summed E-state index contributed by atoms with van der Waals surface area (Å²) in [5.41, 5.74) is 0. The Bertz CT molecular complexity index is 92.9. The van der Waals surface area contributed by atoms with Crippen LogP contribution in [-0.2, 0) is 5.11 Å². The van der Waals surface area contributed by atoms with Gasteiger partial charge in [-0.1, -0.05) is 6.92 Å². The Morgan fingerprint density at radius 1 is 1.67 bits per heavy atom. The first kappa shape index (κ1) is 7.03. The highest BCUT2D eigenvalue weighted by molar-refractivity contribution is 4.71. The molecule has 0 aromatic heterocycles. The van der Waals surface area contributed by atoms with Crippen molar-refractivity contribution < 1.29 is 5.11 Å². The minimum atomic E-state index is -0.491. The zero-order valence-electron chi connectivity index (χ0n) is 6.13. The Labute approximate surface area is 56.5 Å². The van der Waals surface area contributed by atoms with Crippen molar-refractivity contribution in [2.24, 2.45) is 5.92 Å². The van der Waals surface area contributed by atoms with Crippen molar-refractivity contribution in [2.45, 2.75) is 26.5 Å². The lowest BCUT2D eigenvalue weighted by atomic mass is 10.2. The Kier molecular flexibility index (Phi) is 2.09. The van der Waals surface area contributed by atoms with Gasteiger partial charge in [0.05, 0.1) is 0 Å². The second-order valence-corrected chi connectivity index (χ2v) is 2.99. The first-order valence-corrected chi connectivity index (χ1v) is 3.60. The first-order valence-electron chi connectivity index (χ1n) is 3.60. The zero-order chi connectivity index (χ0) is 6.85. The van der Waals surface area contributed by atoms with E-state index >= 15 is 0 Å². The highest BCUT2D eigenvalue weighted by Gasteiger charge is 2.21. The van der Waals surface area contributed by atoms with Crippen LogP contribution in [0.25, 0.3) is 0 Å². The molecule has 0 spiro atoms. The van der Waals surface area contributed by atoms with Crippen molar-refractivity contribution in [3.8, 4) is 0 Å². The summed E-state index contributed by atoms with van der Waals surface area (Å²) in [6, 6.07) is 0. The maximum absolute atomic E-state index is 10.8. The monoisotopic (exact) mass is 128 g/mol. The largest absolute Gasteiger partial charge is 0.276 e. The molecule has 1 saturated heterocycles. The average Bonchev–Trinajstić information content (AvgIpc) is 2.14. The van der Waals surface area contributed by atoms with Gasteiger partial charge in [-0.2, -0.15) is 0 Å². The van der Waals surface area contributed by atoms with Crippen LogP contribution in [0.3, 0.4) is 0 Å². The van der Waals surface area contributed by atoms with Crippen molar-refractivity contribution in [3.63, 3.8) is 0 Å². The van der Waals surface area contributed by atoms with Gasteiger partial charge in [-0.3, -0.25) is 4.90 Å². The zero-order valence-corrected chi connectivity index (χ0v) is 6.13. The molecule has 1 fully saturated rings. The van der Waals surface area contributed by atoms with Gasteiger partial charge in [0, 0.05) is 13.1 Å². The van der Waals surface area contributed by atoms with Crippen LogP contribution in [0, 0.1) is 5.92 Å². The topological polar surface area (TPSA) is 23.1 Å². The quantitative estimate of drug-likeness (QED) is 0.518. The molecule has 0 N–H and O–H groups in total. The molecule has 0 aliphatic carbocycles. The van der Waals surface area contributed by atoms with E-state index in [-0.39, 0.29) is 0 Å². The second-order valence-electron chi connectivity index (χ2n) is 2.99. The van der Waals surface area contributed by atoms with Crippen LogP contribution in [0.2, 0.25) is 0 Å². The third-order valence-electron chi connectivity index (χ3n) is 1.97. The van der Waals surface area contributed by atoms with Gasteiger partial charge in [-0.05, 0) is 19.3 Å². The van der Waals surface area contributed by atoms with E-state index in [0.29, 0.717) is 0 Å². The average molecular weight is 128 g/mol. The molecule has 0 aromatic carbocycles. The van der Waals surface area contributed by atoms with E-state index in [1.54, 1.807) is 6.92 Å². The summed E-state index contributed by atoms with van der Waals surface area (Å²) in [4.78, 5) is 1.99. The summed E-state index contributed by atoms with van der Waals surface area (Å²) in [5, 5.41) is 10.8. The summed E-state index contributed by atoms with van der Waals surface area (Å²) in [6.45, 7) is 5.93. The molecule has 2 unspecified atom stereocenters. The number of likely N-dealkylation sites (tertiary alicyclic amines) is 1. The van der Waals surface area contributed by atoms with E-state index in [0.717, 1.165) is 19.0 Å². The lowest BCUT2D eigenvalue weighted by Crippen LogP contribution is -2.29. The minimum Gasteiger partial charge on any atom is -0.276 e. The molecule has 1 heterocycles. The molecule has 1 aliphatic rings. The molecule has 1 rings (SSSR count). The number of hydrogen-bond donors (Lipinski definition) is 0. The molecule has 53 valence electrons. The number of rotatable bonds is 1. The third-order valence-corrected chi connectivity index (χ3v) is 1.97. The molecule has 2 atom stereocenters. The van der Waals surface area contributed by atoms with Gasteiger partial charge in [0.2, 0.25) is 0 Å². The normalized spacial score (nSPS) is 33.0. The van der Waals surface area contributed by atoms with Gasteiger partial charge in [-0.25, -0.2) is 5.11 Å². The van der Waals surface area contributed by atoms with E-state index in [9.17, 15) is 5.11 Å². The molecule has 0 bridgehead atoms. The predicted molar refractivity (Wildman–Crippen MR) is 35.5 cm³/mol. The Morgan fingerprint density at radius 3 is 2.56 bits per heavy atom. The third kappa shape index (κ3) is 1.66. The highest BCUT2D eigenvalue weighted by atomic mass is 16.3. The van der Waals surface area contributed by atoms with Crippen LogP contribution in [0.15, 0.2) is 0 Å². The summed E-state index contributed by atoms with van der Waals surface area (Å²) < 4.78 is 0. The molecule has 2 heteroatoms. The number of nitrogens with zero attached hydrogens (tertiary/aromatic N) is 1. The van der Waals surface area contributed by atoms with E-state index in [1.807, 2.05) is 4.90 Å². The molecular formula is C7H14NO. The maximum atomic E-state index is 10.8. The maximum Gasteiger partial charge on any atom is 0.143 e. The standard InChI is InChI=1S/C7H14NO/c1-6-3-4-8(5-6)7(2)9/h6-7H,3-5H2,1-2H3. The minimum absolute atomic E-state index is 0.491. The summed E-state index contributed by atoms with van der Waals surface area (Å²) in [7, 11) is 0. The van der Waals surface area contributed by atoms with Crippen LogP contribution in [0.1, 0.15) is 20.3 Å². The molecule has 0 amide bonds. The Balaban J connectivity index is 2.30. The van der Waals surface area contributed by atoms with Gasteiger partial charge in [0.1, 0.15) is 6.23 Å². The molecule has 0 saturated carbocycles. The van der Waals surface area contributed by atoms with Crippen molar-refractivity contribution in [3.05, 3.63) is 0 Å². The van der Waals surface area contributed by atoms with Gasteiger partial charge in [-0.15, -0.1) is 0 Å². The Hall–Kier alpha value is -0.0800. The van der Waals surface area contributed by atoms with Crippen molar-refractivity contribution in [1.82, 2.24) is 4.90 Å². The fourth-order valence-electron chi connectivity index (χ4n) is 1.30. The molecule has 1 aliphatic heterocycles. The summed E-state index contributed by atoms with van der Waals surface area (Å²) >= 11 is 0. The lowest BCUT2D eigenvalue weighted by Gasteiger charge is -2.15. The molecule has 9 heavy (non-hydrogen) atoms. The van der Waals surface area contributed by atoms with Gasteiger partial charge in [0.25, 0.3) is 0 Å². The predicted octanol–water partition coefficient (Wildman–Crippen LogP) is 1.10. The summed E-state index contributed by atoms with van der Waals surface area (Å²) in [6.07, 6.45) is 0.710. The highest BCUT2D eigenvalue weighted by Crippen LogP contribution is 2.16. The second kappa shape index (κ2) is 2.67. The smallest absolute Gasteiger partial charge is 0.143 e. The fraction of sp³-hybridized carbons (Fsp3) is 1.00. The molecule has 1 radical (unpaired) electrons. The van der Waals surface area contributed by atoms with Crippen molar-refractivity contribution in [1.29, 1.82) is 0 Å². The van der Waals surface area contributed by atoms with Crippen molar-refractivity contribution in [2.75, 3.05) is 13.1 Å². The summed E-state index contributed by atoms with van der Waals surface area (Å²) in [5.74, 6) is 0.737.